The summed E-state index contributed by atoms with van der Waals surface area (Å²) in [6, 6.07) is 10.4. The van der Waals surface area contributed by atoms with E-state index in [1.165, 1.54) is 0 Å². The lowest BCUT2D eigenvalue weighted by atomic mass is 9.99. The lowest BCUT2D eigenvalue weighted by Gasteiger charge is -2.20. The summed E-state index contributed by atoms with van der Waals surface area (Å²) in [7, 11) is 0. The molecule has 8 nitrogen and oxygen atoms in total. The number of hydrogen-bond acceptors (Lipinski definition) is 6. The molecule has 0 amide bonds. The van der Waals surface area contributed by atoms with Crippen LogP contribution in [-0.4, -0.2) is 44.2 Å². The molecule has 4 atom stereocenters. The SMILES string of the molecule is CCC(C)C(NCc1cccc(CCc2cccc(CNC(C(=O)O)C(C)CC)n2)n1)C(=O)O. The van der Waals surface area contributed by atoms with Crippen molar-refractivity contribution in [2.45, 2.75) is 78.6 Å². The second kappa shape index (κ2) is 13.8. The van der Waals surface area contributed by atoms with E-state index in [1.54, 1.807) is 0 Å². The Balaban J connectivity index is 1.94. The summed E-state index contributed by atoms with van der Waals surface area (Å²) in [5.74, 6) is -1.62. The van der Waals surface area contributed by atoms with Crippen LogP contribution in [0.4, 0.5) is 0 Å². The summed E-state index contributed by atoms with van der Waals surface area (Å²) >= 11 is 0. The van der Waals surface area contributed by atoms with E-state index in [2.05, 4.69) is 20.6 Å². The Kier molecular flexibility index (Phi) is 11.1. The monoisotopic (exact) mass is 470 g/mol. The van der Waals surface area contributed by atoms with Crippen molar-refractivity contribution in [3.63, 3.8) is 0 Å². The van der Waals surface area contributed by atoms with Crippen molar-refractivity contribution >= 4 is 11.9 Å². The largest absolute Gasteiger partial charge is 0.480 e. The highest BCUT2D eigenvalue weighted by Gasteiger charge is 2.23. The molecule has 4 unspecified atom stereocenters. The van der Waals surface area contributed by atoms with Gasteiger partial charge in [0, 0.05) is 24.5 Å². The van der Waals surface area contributed by atoms with Crippen molar-refractivity contribution in [1.29, 1.82) is 0 Å². The van der Waals surface area contributed by atoms with E-state index in [1.807, 2.05) is 64.1 Å². The summed E-state index contributed by atoms with van der Waals surface area (Å²) in [5, 5.41) is 25.1. The molecular weight excluding hydrogens is 432 g/mol. The van der Waals surface area contributed by atoms with Gasteiger partial charge in [0.25, 0.3) is 0 Å². The molecule has 0 aliphatic heterocycles. The van der Waals surface area contributed by atoms with Gasteiger partial charge in [0.1, 0.15) is 12.1 Å². The molecule has 186 valence electrons. The quantitative estimate of drug-likeness (QED) is 0.312. The molecule has 8 heteroatoms. The number of aliphatic carboxylic acids is 2. The maximum Gasteiger partial charge on any atom is 0.320 e. The second-order valence-electron chi connectivity index (χ2n) is 8.91. The average Bonchev–Trinajstić information content (AvgIpc) is 2.82. The number of aryl methyl sites for hydroxylation is 2. The van der Waals surface area contributed by atoms with Crippen LogP contribution in [0.3, 0.4) is 0 Å². The van der Waals surface area contributed by atoms with E-state index >= 15 is 0 Å². The second-order valence-corrected chi connectivity index (χ2v) is 8.91. The van der Waals surface area contributed by atoms with Crippen LogP contribution in [0.2, 0.25) is 0 Å². The van der Waals surface area contributed by atoms with Crippen LogP contribution in [0.25, 0.3) is 0 Å². The van der Waals surface area contributed by atoms with Crippen LogP contribution in [0.1, 0.15) is 63.3 Å². The molecule has 2 rings (SSSR count). The lowest BCUT2D eigenvalue weighted by Crippen LogP contribution is -2.41. The number of nitrogens with one attached hydrogen (secondary N) is 2. The summed E-state index contributed by atoms with van der Waals surface area (Å²) in [5.41, 5.74) is 3.45. The highest BCUT2D eigenvalue weighted by molar-refractivity contribution is 5.74. The first-order valence-corrected chi connectivity index (χ1v) is 12.1. The first kappa shape index (κ1) is 27.4. The van der Waals surface area contributed by atoms with Gasteiger partial charge >= 0.3 is 11.9 Å². The van der Waals surface area contributed by atoms with Gasteiger partial charge in [0.15, 0.2) is 0 Å². The third-order valence-electron chi connectivity index (χ3n) is 6.33. The molecule has 0 fully saturated rings. The first-order valence-electron chi connectivity index (χ1n) is 12.1. The fourth-order valence-corrected chi connectivity index (χ4v) is 3.75. The van der Waals surface area contributed by atoms with Gasteiger partial charge < -0.3 is 10.2 Å². The Morgan fingerprint density at radius 1 is 0.735 bits per heavy atom. The number of nitrogens with zero attached hydrogens (tertiary/aromatic N) is 2. The molecular formula is C26H38N4O4. The number of carboxylic acids is 2. The molecule has 2 aromatic heterocycles. The molecule has 4 N–H and O–H groups in total. The molecule has 0 aliphatic rings. The van der Waals surface area contributed by atoms with Crippen molar-refractivity contribution in [2.75, 3.05) is 0 Å². The minimum absolute atomic E-state index is 0.0319. The van der Waals surface area contributed by atoms with E-state index < -0.39 is 24.0 Å². The maximum atomic E-state index is 11.5. The zero-order valence-corrected chi connectivity index (χ0v) is 20.6. The molecule has 2 aromatic rings. The topological polar surface area (TPSA) is 124 Å². The van der Waals surface area contributed by atoms with Crippen molar-refractivity contribution in [2.24, 2.45) is 11.8 Å². The summed E-state index contributed by atoms with van der Waals surface area (Å²) in [4.78, 5) is 32.4. The van der Waals surface area contributed by atoms with Gasteiger partial charge in [-0.2, -0.15) is 0 Å². The van der Waals surface area contributed by atoms with E-state index in [0.717, 1.165) is 35.6 Å². The summed E-state index contributed by atoms with van der Waals surface area (Å²) in [6.45, 7) is 8.62. The average molecular weight is 471 g/mol. The molecule has 34 heavy (non-hydrogen) atoms. The van der Waals surface area contributed by atoms with Crippen LogP contribution < -0.4 is 10.6 Å². The van der Waals surface area contributed by atoms with Gasteiger partial charge in [-0.3, -0.25) is 30.2 Å². The Hall–Kier alpha value is -2.84. The third kappa shape index (κ3) is 8.50. The van der Waals surface area contributed by atoms with Gasteiger partial charge in [0.05, 0.1) is 11.4 Å². The molecule has 0 radical (unpaired) electrons. The number of pyridine rings is 2. The predicted octanol–water partition coefficient (Wildman–Crippen LogP) is 3.44. The smallest absolute Gasteiger partial charge is 0.320 e. The van der Waals surface area contributed by atoms with E-state index in [0.29, 0.717) is 25.9 Å². The Bertz CT molecular complexity index is 861. The van der Waals surface area contributed by atoms with E-state index in [-0.39, 0.29) is 11.8 Å². The van der Waals surface area contributed by atoms with E-state index in [4.69, 9.17) is 0 Å². The van der Waals surface area contributed by atoms with Crippen LogP contribution in [0.15, 0.2) is 36.4 Å². The van der Waals surface area contributed by atoms with Crippen molar-refractivity contribution in [3.05, 3.63) is 59.2 Å². The maximum absolute atomic E-state index is 11.5. The Morgan fingerprint density at radius 2 is 1.09 bits per heavy atom. The lowest BCUT2D eigenvalue weighted by molar-refractivity contribution is -0.141. The number of carbonyl (C=O) groups is 2. The van der Waals surface area contributed by atoms with Crippen LogP contribution in [0, 0.1) is 11.8 Å². The third-order valence-corrected chi connectivity index (χ3v) is 6.33. The molecule has 0 bridgehead atoms. The molecule has 2 heterocycles. The minimum Gasteiger partial charge on any atom is -0.480 e. The number of rotatable bonds is 15. The highest BCUT2D eigenvalue weighted by atomic mass is 16.4. The Labute approximate surface area is 202 Å². The van der Waals surface area contributed by atoms with E-state index in [9.17, 15) is 19.8 Å². The fourth-order valence-electron chi connectivity index (χ4n) is 3.75. The molecule has 0 aliphatic carbocycles. The standard InChI is InChI=1S/C26H38N4O4/c1-5-17(3)23(25(31)32)27-15-21-11-7-9-19(29-21)13-14-20-10-8-12-22(30-20)16-28-24(26(33)34)18(4)6-2/h7-12,17-18,23-24,27-28H,5-6,13-16H2,1-4H3,(H,31,32)(H,33,34). The summed E-state index contributed by atoms with van der Waals surface area (Å²) in [6.07, 6.45) is 2.98. The normalized spacial score (nSPS) is 14.8. The number of aromatic nitrogens is 2. The molecule has 0 aromatic carbocycles. The van der Waals surface area contributed by atoms with Gasteiger partial charge in [-0.15, -0.1) is 0 Å². The number of hydrogen-bond donors (Lipinski definition) is 4. The van der Waals surface area contributed by atoms with Gasteiger partial charge in [0.2, 0.25) is 0 Å². The zero-order chi connectivity index (χ0) is 25.1. The van der Waals surface area contributed by atoms with Crippen molar-refractivity contribution in [3.8, 4) is 0 Å². The van der Waals surface area contributed by atoms with Crippen molar-refractivity contribution < 1.29 is 19.8 Å². The van der Waals surface area contributed by atoms with Gasteiger partial charge in [-0.1, -0.05) is 52.7 Å². The zero-order valence-electron chi connectivity index (χ0n) is 20.6. The fraction of sp³-hybridized carbons (Fsp3) is 0.538. The molecule has 0 saturated carbocycles. The van der Waals surface area contributed by atoms with Crippen LogP contribution in [-0.2, 0) is 35.5 Å². The van der Waals surface area contributed by atoms with Crippen LogP contribution >= 0.6 is 0 Å². The molecule has 0 saturated heterocycles. The minimum atomic E-state index is -0.843. The Morgan fingerprint density at radius 3 is 1.41 bits per heavy atom. The van der Waals surface area contributed by atoms with Gasteiger partial charge in [-0.05, 0) is 48.9 Å². The predicted molar refractivity (Wildman–Crippen MR) is 131 cm³/mol. The van der Waals surface area contributed by atoms with Gasteiger partial charge in [-0.25, -0.2) is 0 Å². The molecule has 0 spiro atoms. The first-order chi connectivity index (χ1) is 16.2. The number of carboxylic acid groups (broad SMARTS) is 2. The van der Waals surface area contributed by atoms with Crippen LogP contribution in [0.5, 0.6) is 0 Å². The van der Waals surface area contributed by atoms with Crippen molar-refractivity contribution in [1.82, 2.24) is 20.6 Å². The highest BCUT2D eigenvalue weighted by Crippen LogP contribution is 2.11. The summed E-state index contributed by atoms with van der Waals surface area (Å²) < 4.78 is 0.